The lowest BCUT2D eigenvalue weighted by Gasteiger charge is -2.05. The summed E-state index contributed by atoms with van der Waals surface area (Å²) < 4.78 is 18.2. The maximum absolute atomic E-state index is 13.1. The minimum Gasteiger partial charge on any atom is -0.497 e. The fraction of sp³-hybridized carbons (Fsp3) is 0.158. The number of anilines is 1. The average molecular weight is 400 g/mol. The minimum atomic E-state index is -0.437. The van der Waals surface area contributed by atoms with E-state index in [4.69, 9.17) is 4.74 Å². The molecule has 1 aromatic heterocycles. The van der Waals surface area contributed by atoms with Gasteiger partial charge in [-0.05, 0) is 35.9 Å². The van der Waals surface area contributed by atoms with Gasteiger partial charge in [-0.2, -0.15) is 0 Å². The SMILES string of the molecule is COc1ccc(Cc2nnc(SCC(=O)Nc3cccc(F)c3)[nH]c2=O)cc1. The van der Waals surface area contributed by atoms with Crippen LogP contribution in [-0.2, 0) is 11.2 Å². The van der Waals surface area contributed by atoms with E-state index in [1.807, 2.05) is 12.1 Å². The normalized spacial score (nSPS) is 10.5. The minimum absolute atomic E-state index is 0.00103. The van der Waals surface area contributed by atoms with Gasteiger partial charge in [0.25, 0.3) is 5.56 Å². The van der Waals surface area contributed by atoms with E-state index in [-0.39, 0.29) is 28.1 Å². The van der Waals surface area contributed by atoms with Crippen LogP contribution in [0, 0.1) is 5.82 Å². The summed E-state index contributed by atoms with van der Waals surface area (Å²) in [4.78, 5) is 26.8. The smallest absolute Gasteiger partial charge is 0.273 e. The summed E-state index contributed by atoms with van der Waals surface area (Å²) >= 11 is 1.03. The molecule has 2 N–H and O–H groups in total. The Bertz CT molecular complexity index is 1020. The van der Waals surface area contributed by atoms with Crippen molar-refractivity contribution in [1.29, 1.82) is 0 Å². The summed E-state index contributed by atoms with van der Waals surface area (Å²) in [6, 6.07) is 12.9. The number of thioether (sulfide) groups is 1. The lowest BCUT2D eigenvalue weighted by Crippen LogP contribution is -2.19. The second-order valence-corrected chi connectivity index (χ2v) is 6.74. The number of ether oxygens (including phenoxy) is 1. The highest BCUT2D eigenvalue weighted by atomic mass is 32.2. The van der Waals surface area contributed by atoms with Crippen molar-refractivity contribution in [1.82, 2.24) is 15.2 Å². The van der Waals surface area contributed by atoms with Crippen molar-refractivity contribution >= 4 is 23.4 Å². The van der Waals surface area contributed by atoms with E-state index in [1.54, 1.807) is 25.3 Å². The molecule has 0 aliphatic rings. The molecule has 7 nitrogen and oxygen atoms in total. The van der Waals surface area contributed by atoms with E-state index in [0.29, 0.717) is 12.1 Å². The Hall–Kier alpha value is -3.20. The van der Waals surface area contributed by atoms with Gasteiger partial charge >= 0.3 is 0 Å². The van der Waals surface area contributed by atoms with Crippen molar-refractivity contribution < 1.29 is 13.9 Å². The Labute approximate surface area is 164 Å². The Morgan fingerprint density at radius 3 is 2.68 bits per heavy atom. The molecule has 0 fully saturated rings. The predicted molar refractivity (Wildman–Crippen MR) is 104 cm³/mol. The molecule has 2 aromatic carbocycles. The first kappa shape index (κ1) is 19.6. The molecule has 1 heterocycles. The van der Waals surface area contributed by atoms with Gasteiger partial charge in [-0.25, -0.2) is 4.39 Å². The highest BCUT2D eigenvalue weighted by molar-refractivity contribution is 7.99. The summed E-state index contributed by atoms with van der Waals surface area (Å²) in [5, 5.41) is 10.7. The van der Waals surface area contributed by atoms with Crippen molar-refractivity contribution in [3.8, 4) is 5.75 Å². The van der Waals surface area contributed by atoms with Crippen LogP contribution < -0.4 is 15.6 Å². The maximum Gasteiger partial charge on any atom is 0.273 e. The topological polar surface area (TPSA) is 97.0 Å². The number of nitrogens with one attached hydrogen (secondary N) is 2. The number of hydrogen-bond acceptors (Lipinski definition) is 6. The van der Waals surface area contributed by atoms with Crippen molar-refractivity contribution in [2.24, 2.45) is 0 Å². The molecule has 0 saturated heterocycles. The third kappa shape index (κ3) is 5.40. The molecule has 0 aliphatic carbocycles. The van der Waals surface area contributed by atoms with Crippen LogP contribution in [0.2, 0.25) is 0 Å². The van der Waals surface area contributed by atoms with Crippen LogP contribution in [0.15, 0.2) is 58.5 Å². The number of nitrogens with zero attached hydrogens (tertiary/aromatic N) is 2. The van der Waals surface area contributed by atoms with Gasteiger partial charge in [0.1, 0.15) is 17.3 Å². The number of hydrogen-bond donors (Lipinski definition) is 2. The summed E-state index contributed by atoms with van der Waals surface area (Å²) in [5.41, 5.74) is 1.17. The van der Waals surface area contributed by atoms with Crippen molar-refractivity contribution in [2.45, 2.75) is 11.6 Å². The second-order valence-electron chi connectivity index (χ2n) is 5.78. The van der Waals surface area contributed by atoms with Crippen molar-refractivity contribution in [3.05, 3.63) is 76.0 Å². The van der Waals surface area contributed by atoms with Gasteiger partial charge in [-0.1, -0.05) is 30.0 Å². The molecule has 3 aromatic rings. The summed E-state index contributed by atoms with van der Waals surface area (Å²) in [6.45, 7) is 0. The van der Waals surface area contributed by atoms with Crippen LogP contribution in [0.1, 0.15) is 11.3 Å². The van der Waals surface area contributed by atoms with Crippen LogP contribution in [0.5, 0.6) is 5.75 Å². The van der Waals surface area contributed by atoms with Gasteiger partial charge in [0.15, 0.2) is 5.16 Å². The first-order valence-electron chi connectivity index (χ1n) is 8.30. The summed E-state index contributed by atoms with van der Waals surface area (Å²) in [7, 11) is 1.58. The molecular weight excluding hydrogens is 383 g/mol. The number of halogens is 1. The Morgan fingerprint density at radius 1 is 1.21 bits per heavy atom. The standard InChI is InChI=1S/C19H17FN4O3S/c1-27-15-7-5-12(6-8-15)9-16-18(26)22-19(24-23-16)28-11-17(25)21-14-4-2-3-13(20)10-14/h2-8,10H,9,11H2,1H3,(H,21,25)(H,22,24,26). The highest BCUT2D eigenvalue weighted by Gasteiger charge is 2.09. The molecule has 0 atom stereocenters. The number of benzene rings is 2. The summed E-state index contributed by atoms with van der Waals surface area (Å²) in [5.74, 6) is -0.0560. The molecule has 0 aliphatic heterocycles. The van der Waals surface area contributed by atoms with Crippen LogP contribution in [0.3, 0.4) is 0 Å². The van der Waals surface area contributed by atoms with Gasteiger partial charge < -0.3 is 10.1 Å². The molecule has 144 valence electrons. The third-order valence-electron chi connectivity index (χ3n) is 3.72. The number of aromatic amines is 1. The molecule has 3 rings (SSSR count). The number of rotatable bonds is 7. The Balaban J connectivity index is 1.57. The molecule has 0 saturated carbocycles. The fourth-order valence-corrected chi connectivity index (χ4v) is 2.96. The first-order chi connectivity index (χ1) is 13.5. The second kappa shape index (κ2) is 9.14. The van der Waals surface area contributed by atoms with Crippen LogP contribution in [-0.4, -0.2) is 34.0 Å². The van der Waals surface area contributed by atoms with Crippen LogP contribution in [0.4, 0.5) is 10.1 Å². The first-order valence-corrected chi connectivity index (χ1v) is 9.29. The van der Waals surface area contributed by atoms with E-state index >= 15 is 0 Å². The Kier molecular flexibility index (Phi) is 6.38. The van der Waals surface area contributed by atoms with E-state index in [0.717, 1.165) is 23.1 Å². The average Bonchev–Trinajstić information content (AvgIpc) is 2.69. The molecule has 0 radical (unpaired) electrons. The zero-order valence-electron chi connectivity index (χ0n) is 14.9. The van der Waals surface area contributed by atoms with Gasteiger partial charge in [0.05, 0.1) is 12.9 Å². The molecule has 9 heteroatoms. The largest absolute Gasteiger partial charge is 0.497 e. The van der Waals surface area contributed by atoms with E-state index < -0.39 is 5.82 Å². The predicted octanol–water partition coefficient (Wildman–Crippen LogP) is 2.63. The maximum atomic E-state index is 13.1. The summed E-state index contributed by atoms with van der Waals surface area (Å²) in [6.07, 6.45) is 0.331. The Morgan fingerprint density at radius 2 is 2.00 bits per heavy atom. The number of aromatic nitrogens is 3. The third-order valence-corrected chi connectivity index (χ3v) is 4.59. The lowest BCUT2D eigenvalue weighted by atomic mass is 10.1. The zero-order valence-corrected chi connectivity index (χ0v) is 15.8. The number of methoxy groups -OCH3 is 1. The lowest BCUT2D eigenvalue weighted by molar-refractivity contribution is -0.113. The molecule has 1 amide bonds. The molecule has 0 unspecified atom stereocenters. The van der Waals surface area contributed by atoms with E-state index in [1.165, 1.54) is 18.2 Å². The monoisotopic (exact) mass is 400 g/mol. The molecular formula is C19H17FN4O3S. The van der Waals surface area contributed by atoms with Gasteiger partial charge in [-0.15, -0.1) is 10.2 Å². The molecule has 0 bridgehead atoms. The van der Waals surface area contributed by atoms with Crippen LogP contribution >= 0.6 is 11.8 Å². The quantitative estimate of drug-likeness (QED) is 0.592. The van der Waals surface area contributed by atoms with Crippen LogP contribution in [0.25, 0.3) is 0 Å². The van der Waals surface area contributed by atoms with E-state index in [2.05, 4.69) is 20.5 Å². The number of carbonyl (C=O) groups is 1. The van der Waals surface area contributed by atoms with Gasteiger partial charge in [0.2, 0.25) is 5.91 Å². The highest BCUT2D eigenvalue weighted by Crippen LogP contribution is 2.15. The zero-order chi connectivity index (χ0) is 19.9. The number of H-pyrrole nitrogens is 1. The number of carbonyl (C=O) groups excluding carboxylic acids is 1. The number of amides is 1. The van der Waals surface area contributed by atoms with Crippen molar-refractivity contribution in [2.75, 3.05) is 18.2 Å². The van der Waals surface area contributed by atoms with Gasteiger partial charge in [-0.3, -0.25) is 14.6 Å². The van der Waals surface area contributed by atoms with Crippen molar-refractivity contribution in [3.63, 3.8) is 0 Å². The van der Waals surface area contributed by atoms with E-state index in [9.17, 15) is 14.0 Å². The fourth-order valence-electron chi connectivity index (χ4n) is 2.36. The molecule has 0 spiro atoms. The van der Waals surface area contributed by atoms with Gasteiger partial charge in [0, 0.05) is 12.1 Å². The molecule has 28 heavy (non-hydrogen) atoms.